The Kier molecular flexibility index (Phi) is 7.83. The minimum atomic E-state index is -0.772. The molecule has 0 saturated carbocycles. The molecule has 1 amide bonds. The smallest absolute Gasteiger partial charge is 0.328 e. The molecule has 4 rings (SSSR count). The largest absolute Gasteiger partial charge is 0.464 e. The number of hydrogen-bond acceptors (Lipinski definition) is 8. The number of carbonyl (C=O) groups excluding carboxylic acids is 2. The molecule has 1 N–H and O–H groups in total. The van der Waals surface area contributed by atoms with Crippen LogP contribution in [0.4, 0.5) is 0 Å². The van der Waals surface area contributed by atoms with Crippen molar-refractivity contribution in [3.63, 3.8) is 0 Å². The summed E-state index contributed by atoms with van der Waals surface area (Å²) in [6.07, 6.45) is -0.142. The normalized spacial score (nSPS) is 31.3. The van der Waals surface area contributed by atoms with Gasteiger partial charge in [-0.05, 0) is 53.0 Å². The van der Waals surface area contributed by atoms with Gasteiger partial charge in [-0.2, -0.15) is 0 Å². The third-order valence-electron chi connectivity index (χ3n) is 6.33. The van der Waals surface area contributed by atoms with Gasteiger partial charge in [0.15, 0.2) is 17.9 Å². The average Bonchev–Trinajstić information content (AvgIpc) is 3.28. The molecule has 9 nitrogen and oxygen atoms in total. The summed E-state index contributed by atoms with van der Waals surface area (Å²) in [5.41, 5.74) is 0.949. The summed E-state index contributed by atoms with van der Waals surface area (Å²) in [6, 6.07) is 8.81. The predicted molar refractivity (Wildman–Crippen MR) is 125 cm³/mol. The summed E-state index contributed by atoms with van der Waals surface area (Å²) >= 11 is 0. The Morgan fingerprint density at radius 1 is 0.971 bits per heavy atom. The Hall–Kier alpha value is -2.04. The summed E-state index contributed by atoms with van der Waals surface area (Å²) in [4.78, 5) is 25.2. The van der Waals surface area contributed by atoms with E-state index < -0.39 is 29.9 Å². The molecule has 9 heteroatoms. The molecule has 3 aliphatic heterocycles. The molecule has 194 valence electrons. The minimum Gasteiger partial charge on any atom is -0.464 e. The van der Waals surface area contributed by atoms with Gasteiger partial charge < -0.3 is 33.7 Å². The van der Waals surface area contributed by atoms with Gasteiger partial charge in [-0.25, -0.2) is 4.79 Å². The minimum absolute atomic E-state index is 0.213. The molecular weight excluding hydrogens is 454 g/mol. The molecule has 35 heavy (non-hydrogen) atoms. The molecular formula is C26H37NO8. The number of benzene rings is 1. The first-order valence-electron chi connectivity index (χ1n) is 12.4. The zero-order chi connectivity index (χ0) is 25.2. The molecule has 1 aromatic carbocycles. The van der Waals surface area contributed by atoms with Gasteiger partial charge in [-0.1, -0.05) is 30.3 Å². The van der Waals surface area contributed by atoms with Gasteiger partial charge in [0.2, 0.25) is 5.91 Å². The molecule has 3 heterocycles. The average molecular weight is 492 g/mol. The standard InChI is InChI=1S/C26H37NO8/c1-6-30-23(29)17(15-16-11-8-7-9-12-16)27-19(28)14-10-13-18-20-21(33-25(2,3)32-20)22-24(31-18)35-26(4,5)34-22/h7-9,11-12,17-18,20-22,24H,6,10,13-15H2,1-5H3,(H,27,28)/t17-,18?,20-,21-,22+,24+/m0/s1. The fourth-order valence-corrected chi connectivity index (χ4v) is 4.94. The second-order valence-corrected chi connectivity index (χ2v) is 10.2. The Labute approximate surface area is 206 Å². The lowest BCUT2D eigenvalue weighted by Crippen LogP contribution is -2.54. The highest BCUT2D eigenvalue weighted by Gasteiger charge is 2.60. The van der Waals surface area contributed by atoms with E-state index in [0.29, 0.717) is 19.3 Å². The van der Waals surface area contributed by atoms with E-state index in [-0.39, 0.29) is 43.4 Å². The Morgan fingerprint density at radius 2 is 1.63 bits per heavy atom. The lowest BCUT2D eigenvalue weighted by Gasteiger charge is -2.37. The van der Waals surface area contributed by atoms with Crippen LogP contribution in [-0.4, -0.2) is 66.8 Å². The lowest BCUT2D eigenvalue weighted by molar-refractivity contribution is -0.235. The third kappa shape index (κ3) is 6.40. The van der Waals surface area contributed by atoms with Gasteiger partial charge in [0.05, 0.1) is 12.7 Å². The van der Waals surface area contributed by atoms with Gasteiger partial charge in [0.25, 0.3) is 0 Å². The number of rotatable bonds is 9. The van der Waals surface area contributed by atoms with Gasteiger partial charge in [0, 0.05) is 12.8 Å². The summed E-state index contributed by atoms with van der Waals surface area (Å²) in [5, 5.41) is 2.84. The number of hydrogen-bond donors (Lipinski definition) is 1. The second-order valence-electron chi connectivity index (χ2n) is 10.2. The number of nitrogens with one attached hydrogen (secondary N) is 1. The molecule has 0 aromatic heterocycles. The summed E-state index contributed by atoms with van der Waals surface area (Å²) in [5.74, 6) is -2.18. The van der Waals surface area contributed by atoms with Gasteiger partial charge in [-0.15, -0.1) is 0 Å². The molecule has 3 fully saturated rings. The van der Waals surface area contributed by atoms with Crippen LogP contribution in [0.2, 0.25) is 0 Å². The fraction of sp³-hybridized carbons (Fsp3) is 0.692. The maximum Gasteiger partial charge on any atom is 0.328 e. The SMILES string of the molecule is CCOC(=O)[C@H](Cc1ccccc1)NC(=O)CCCC1O[C@@H]2OC(C)(C)O[C@@H]2[C@H]2OC(C)(C)O[C@@H]12. The highest BCUT2D eigenvalue weighted by molar-refractivity contribution is 5.84. The molecule has 0 aliphatic carbocycles. The van der Waals surface area contributed by atoms with Gasteiger partial charge >= 0.3 is 5.97 Å². The molecule has 0 radical (unpaired) electrons. The van der Waals surface area contributed by atoms with Gasteiger partial charge in [-0.3, -0.25) is 4.79 Å². The zero-order valence-corrected chi connectivity index (χ0v) is 21.2. The van der Waals surface area contributed by atoms with E-state index in [0.717, 1.165) is 5.56 Å². The number of ether oxygens (including phenoxy) is 6. The van der Waals surface area contributed by atoms with Crippen molar-refractivity contribution in [2.45, 2.75) is 109 Å². The van der Waals surface area contributed by atoms with Crippen molar-refractivity contribution in [1.82, 2.24) is 5.32 Å². The van der Waals surface area contributed by atoms with Crippen LogP contribution in [0.15, 0.2) is 30.3 Å². The molecule has 3 aliphatic rings. The van der Waals surface area contributed by atoms with Crippen molar-refractivity contribution < 1.29 is 38.0 Å². The van der Waals surface area contributed by atoms with Crippen LogP contribution in [0.5, 0.6) is 0 Å². The van der Waals surface area contributed by atoms with Crippen LogP contribution in [0.25, 0.3) is 0 Å². The van der Waals surface area contributed by atoms with Gasteiger partial charge in [0.1, 0.15) is 24.4 Å². The molecule has 0 bridgehead atoms. The van der Waals surface area contributed by atoms with Crippen molar-refractivity contribution in [3.05, 3.63) is 35.9 Å². The van der Waals surface area contributed by atoms with Crippen LogP contribution >= 0.6 is 0 Å². The monoisotopic (exact) mass is 491 g/mol. The number of amides is 1. The van der Waals surface area contributed by atoms with E-state index in [1.165, 1.54) is 0 Å². The maximum atomic E-state index is 12.7. The van der Waals surface area contributed by atoms with Crippen molar-refractivity contribution in [3.8, 4) is 0 Å². The van der Waals surface area contributed by atoms with Crippen LogP contribution in [-0.2, 0) is 44.4 Å². The van der Waals surface area contributed by atoms with Crippen LogP contribution < -0.4 is 5.32 Å². The first-order valence-corrected chi connectivity index (χ1v) is 12.4. The summed E-state index contributed by atoms with van der Waals surface area (Å²) < 4.78 is 35.6. The highest BCUT2D eigenvalue weighted by atomic mass is 16.9. The van der Waals surface area contributed by atoms with E-state index in [9.17, 15) is 9.59 Å². The maximum absolute atomic E-state index is 12.7. The van der Waals surface area contributed by atoms with Crippen molar-refractivity contribution >= 4 is 11.9 Å². The van der Waals surface area contributed by atoms with E-state index in [1.54, 1.807) is 6.92 Å². The molecule has 3 saturated heterocycles. The predicted octanol–water partition coefficient (Wildman–Crippen LogP) is 2.84. The van der Waals surface area contributed by atoms with E-state index in [2.05, 4.69) is 5.32 Å². The van der Waals surface area contributed by atoms with Crippen molar-refractivity contribution in [2.75, 3.05) is 6.61 Å². The molecule has 0 spiro atoms. The third-order valence-corrected chi connectivity index (χ3v) is 6.33. The fourth-order valence-electron chi connectivity index (χ4n) is 4.94. The quantitative estimate of drug-likeness (QED) is 0.527. The molecule has 1 unspecified atom stereocenters. The van der Waals surface area contributed by atoms with Crippen LogP contribution in [0.3, 0.4) is 0 Å². The van der Waals surface area contributed by atoms with E-state index in [1.807, 2.05) is 58.0 Å². The topological polar surface area (TPSA) is 102 Å². The number of carbonyl (C=O) groups is 2. The van der Waals surface area contributed by atoms with Crippen LogP contribution in [0, 0.1) is 0 Å². The lowest BCUT2D eigenvalue weighted by atomic mass is 9.95. The Bertz CT molecular complexity index is 889. The van der Waals surface area contributed by atoms with E-state index >= 15 is 0 Å². The summed E-state index contributed by atoms with van der Waals surface area (Å²) in [6.45, 7) is 9.43. The highest BCUT2D eigenvalue weighted by Crippen LogP contribution is 2.44. The van der Waals surface area contributed by atoms with Crippen molar-refractivity contribution in [1.29, 1.82) is 0 Å². The van der Waals surface area contributed by atoms with Crippen LogP contribution in [0.1, 0.15) is 59.4 Å². The Morgan fingerprint density at radius 3 is 2.34 bits per heavy atom. The number of esters is 1. The second kappa shape index (κ2) is 10.5. The van der Waals surface area contributed by atoms with Crippen molar-refractivity contribution in [2.24, 2.45) is 0 Å². The zero-order valence-electron chi connectivity index (χ0n) is 21.2. The number of fused-ring (bicyclic) bond motifs is 3. The first-order chi connectivity index (χ1) is 16.6. The molecule has 1 aromatic rings. The first kappa shape index (κ1) is 26.0. The molecule has 6 atom stereocenters. The Balaban J connectivity index is 1.33. The summed E-state index contributed by atoms with van der Waals surface area (Å²) in [7, 11) is 0. The van der Waals surface area contributed by atoms with E-state index in [4.69, 9.17) is 28.4 Å².